The predicted octanol–water partition coefficient (Wildman–Crippen LogP) is 2.64. The van der Waals surface area contributed by atoms with E-state index in [9.17, 15) is 19.5 Å². The minimum absolute atomic E-state index is 0.0230. The zero-order valence-corrected chi connectivity index (χ0v) is 21.3. The Morgan fingerprint density at radius 3 is 2.53 bits per heavy atom. The van der Waals surface area contributed by atoms with E-state index in [1.165, 1.54) is 11.0 Å². The van der Waals surface area contributed by atoms with Gasteiger partial charge in [-0.05, 0) is 39.2 Å². The Hall–Kier alpha value is -2.97. The maximum Gasteiger partial charge on any atom is 0.313 e. The number of ether oxygens (including phenoxy) is 2. The summed E-state index contributed by atoms with van der Waals surface area (Å²) in [5.41, 5.74) is -1.42. The molecule has 0 aliphatic carbocycles. The van der Waals surface area contributed by atoms with E-state index in [0.717, 1.165) is 0 Å². The van der Waals surface area contributed by atoms with Gasteiger partial charge in [-0.15, -0.1) is 6.58 Å². The van der Waals surface area contributed by atoms with Crippen LogP contribution in [-0.4, -0.2) is 75.7 Å². The molecule has 6 atom stereocenters. The van der Waals surface area contributed by atoms with Crippen molar-refractivity contribution in [3.05, 3.63) is 61.2 Å². The molecular formula is C28H36N2O6. The van der Waals surface area contributed by atoms with Crippen LogP contribution in [-0.2, 0) is 23.9 Å². The van der Waals surface area contributed by atoms with E-state index in [1.807, 2.05) is 51.1 Å². The van der Waals surface area contributed by atoms with Crippen LogP contribution in [0.15, 0.2) is 55.6 Å². The number of aliphatic hydroxyl groups excluding tert-OH is 1. The fourth-order valence-corrected chi connectivity index (χ4v) is 6.45. The van der Waals surface area contributed by atoms with Crippen molar-refractivity contribution in [2.45, 2.75) is 62.9 Å². The molecule has 194 valence electrons. The Kier molecular flexibility index (Phi) is 7.12. The number of rotatable bonds is 10. The summed E-state index contributed by atoms with van der Waals surface area (Å²) in [6.45, 7) is 13.0. The molecule has 1 aromatic carbocycles. The molecule has 0 aromatic heterocycles. The van der Waals surface area contributed by atoms with Crippen LogP contribution in [0.3, 0.4) is 0 Å². The highest BCUT2D eigenvalue weighted by atomic mass is 16.6. The second-order valence-corrected chi connectivity index (χ2v) is 10.4. The highest BCUT2D eigenvalue weighted by molar-refractivity contribution is 5.99. The van der Waals surface area contributed by atoms with E-state index in [0.29, 0.717) is 24.9 Å². The number of aliphatic hydroxyl groups is 1. The van der Waals surface area contributed by atoms with Crippen LogP contribution in [0.25, 0.3) is 0 Å². The molecule has 8 heteroatoms. The maximum absolute atomic E-state index is 14.3. The van der Waals surface area contributed by atoms with Crippen molar-refractivity contribution >= 4 is 17.8 Å². The third-order valence-corrected chi connectivity index (χ3v) is 7.97. The molecule has 0 radical (unpaired) electrons. The van der Waals surface area contributed by atoms with Gasteiger partial charge < -0.3 is 24.4 Å². The minimum atomic E-state index is -1.20. The number of carbonyl (C=O) groups is 3. The molecule has 4 rings (SSSR count). The Bertz CT molecular complexity index is 1040. The number of nitrogens with zero attached hydrogens (tertiary/aromatic N) is 2. The first-order valence-electron chi connectivity index (χ1n) is 12.5. The van der Waals surface area contributed by atoms with Crippen LogP contribution in [0.2, 0.25) is 0 Å². The Labute approximate surface area is 212 Å². The monoisotopic (exact) mass is 496 g/mol. The first-order valence-corrected chi connectivity index (χ1v) is 12.5. The van der Waals surface area contributed by atoms with E-state index in [-0.39, 0.29) is 31.1 Å². The molecule has 1 aromatic rings. The van der Waals surface area contributed by atoms with Gasteiger partial charge in [-0.3, -0.25) is 14.4 Å². The van der Waals surface area contributed by atoms with Gasteiger partial charge in [-0.1, -0.05) is 49.1 Å². The van der Waals surface area contributed by atoms with Crippen molar-refractivity contribution in [1.82, 2.24) is 9.80 Å². The number of benzene rings is 1. The predicted molar refractivity (Wildman–Crippen MR) is 134 cm³/mol. The minimum Gasteiger partial charge on any atom is -0.461 e. The van der Waals surface area contributed by atoms with Gasteiger partial charge in [0, 0.05) is 12.6 Å². The van der Waals surface area contributed by atoms with Crippen molar-refractivity contribution in [2.75, 3.05) is 19.8 Å². The van der Waals surface area contributed by atoms with Gasteiger partial charge in [0.05, 0.1) is 24.2 Å². The average molecular weight is 497 g/mol. The van der Waals surface area contributed by atoms with Crippen molar-refractivity contribution < 1.29 is 29.0 Å². The fourth-order valence-electron chi connectivity index (χ4n) is 6.45. The molecule has 3 heterocycles. The average Bonchev–Trinajstić information content (AvgIpc) is 3.43. The molecule has 36 heavy (non-hydrogen) atoms. The number of fused-ring (bicyclic) bond motifs is 1. The van der Waals surface area contributed by atoms with E-state index in [4.69, 9.17) is 9.47 Å². The fraction of sp³-hybridized carbons (Fsp3) is 0.536. The number of amides is 2. The lowest BCUT2D eigenvalue weighted by atomic mass is 9.66. The molecule has 3 aliphatic rings. The summed E-state index contributed by atoms with van der Waals surface area (Å²) in [6, 6.07) is 7.20. The normalized spacial score (nSPS) is 31.3. The molecule has 3 aliphatic heterocycles. The van der Waals surface area contributed by atoms with Crippen molar-refractivity contribution in [1.29, 1.82) is 0 Å². The van der Waals surface area contributed by atoms with Gasteiger partial charge in [0.15, 0.2) is 0 Å². The van der Waals surface area contributed by atoms with Crippen LogP contribution < -0.4 is 0 Å². The van der Waals surface area contributed by atoms with E-state index < -0.39 is 41.1 Å². The van der Waals surface area contributed by atoms with Crippen LogP contribution in [0.4, 0.5) is 0 Å². The molecule has 8 nitrogen and oxygen atoms in total. The first-order chi connectivity index (χ1) is 17.2. The van der Waals surface area contributed by atoms with Crippen molar-refractivity contribution in [2.24, 2.45) is 11.8 Å². The molecule has 1 spiro atoms. The standard InChI is InChI=1S/C28H36N2O6/c1-6-15-29(18(3)4)25(33)23-28-14-13-27(5,36-28)22(26(34)35-16-7-2)21(28)24(32)30(23)20(17-31)19-11-9-8-10-12-19/h6-12,18,20-23,31H,1-2,13-17H2,3-5H3/t20-,21+,22-,23?,27+,28?/m1/s1. The summed E-state index contributed by atoms with van der Waals surface area (Å²) in [6.07, 6.45) is 4.09. The Morgan fingerprint density at radius 2 is 1.94 bits per heavy atom. The van der Waals surface area contributed by atoms with Crippen LogP contribution in [0.1, 0.15) is 45.2 Å². The topological polar surface area (TPSA) is 96.4 Å². The molecule has 1 N–H and O–H groups in total. The third kappa shape index (κ3) is 3.87. The lowest BCUT2D eigenvalue weighted by Crippen LogP contribution is -2.58. The van der Waals surface area contributed by atoms with Crippen LogP contribution in [0, 0.1) is 11.8 Å². The van der Waals surface area contributed by atoms with Gasteiger partial charge in [-0.2, -0.15) is 0 Å². The summed E-state index contributed by atoms with van der Waals surface area (Å²) in [4.78, 5) is 44.9. The zero-order valence-electron chi connectivity index (χ0n) is 21.3. The zero-order chi connectivity index (χ0) is 26.3. The van der Waals surface area contributed by atoms with Gasteiger partial charge in [0.25, 0.3) is 0 Å². The highest BCUT2D eigenvalue weighted by Crippen LogP contribution is 2.64. The number of carbonyl (C=O) groups excluding carboxylic acids is 3. The van der Waals surface area contributed by atoms with Gasteiger partial charge in [-0.25, -0.2) is 0 Å². The molecule has 2 unspecified atom stereocenters. The maximum atomic E-state index is 14.3. The van der Waals surface area contributed by atoms with Crippen molar-refractivity contribution in [3.63, 3.8) is 0 Å². The number of likely N-dealkylation sites (tertiary alicyclic amines) is 1. The molecule has 2 amide bonds. The van der Waals surface area contributed by atoms with Gasteiger partial charge in [0.2, 0.25) is 11.8 Å². The van der Waals surface area contributed by atoms with Crippen LogP contribution in [0.5, 0.6) is 0 Å². The summed E-state index contributed by atoms with van der Waals surface area (Å²) < 4.78 is 12.0. The van der Waals surface area contributed by atoms with Crippen molar-refractivity contribution in [3.8, 4) is 0 Å². The number of hydrogen-bond acceptors (Lipinski definition) is 6. The lowest BCUT2D eigenvalue weighted by Gasteiger charge is -2.40. The molecular weight excluding hydrogens is 460 g/mol. The number of hydrogen-bond donors (Lipinski definition) is 1. The summed E-state index contributed by atoms with van der Waals surface area (Å²) in [5.74, 6) is -2.93. The summed E-state index contributed by atoms with van der Waals surface area (Å²) in [7, 11) is 0. The molecule has 3 fully saturated rings. The SMILES string of the molecule is C=CCOC(=O)[C@H]1[C@H]2C(=O)N([C@H](CO)c3ccccc3)C(C(=O)N(CC=C)C(C)C)C23CC[C@]1(C)O3. The first kappa shape index (κ1) is 26.1. The van der Waals surface area contributed by atoms with Gasteiger partial charge in [0.1, 0.15) is 24.2 Å². The van der Waals surface area contributed by atoms with E-state index in [2.05, 4.69) is 13.2 Å². The van der Waals surface area contributed by atoms with E-state index in [1.54, 1.807) is 11.0 Å². The second-order valence-electron chi connectivity index (χ2n) is 10.4. The second kappa shape index (κ2) is 9.82. The Balaban J connectivity index is 1.86. The van der Waals surface area contributed by atoms with Gasteiger partial charge >= 0.3 is 5.97 Å². The summed E-state index contributed by atoms with van der Waals surface area (Å²) in [5, 5.41) is 10.5. The summed E-state index contributed by atoms with van der Waals surface area (Å²) >= 11 is 0. The Morgan fingerprint density at radius 1 is 1.25 bits per heavy atom. The third-order valence-electron chi connectivity index (χ3n) is 7.97. The molecule has 2 bridgehead atoms. The lowest BCUT2D eigenvalue weighted by molar-refractivity contribution is -0.161. The molecule has 3 saturated heterocycles. The highest BCUT2D eigenvalue weighted by Gasteiger charge is 2.79. The van der Waals surface area contributed by atoms with E-state index >= 15 is 0 Å². The van der Waals surface area contributed by atoms with Crippen LogP contribution >= 0.6 is 0 Å². The molecule has 0 saturated carbocycles. The smallest absolute Gasteiger partial charge is 0.313 e. The quantitative estimate of drug-likeness (QED) is 0.395. The number of esters is 1. The largest absolute Gasteiger partial charge is 0.461 e.